The molecule has 5 nitrogen and oxygen atoms in total. The van der Waals surface area contributed by atoms with Gasteiger partial charge in [0, 0.05) is 30.7 Å². The molecule has 148 valence electrons. The molecule has 2 fully saturated rings. The Kier molecular flexibility index (Phi) is 5.30. The van der Waals surface area contributed by atoms with E-state index >= 15 is 0 Å². The Balaban J connectivity index is 1.42. The summed E-state index contributed by atoms with van der Waals surface area (Å²) in [4.78, 5) is 2.61. The van der Waals surface area contributed by atoms with Crippen LogP contribution in [0.1, 0.15) is 57.9 Å². The molecular weight excluding hydrogens is 358 g/mol. The van der Waals surface area contributed by atoms with Gasteiger partial charge in [0.05, 0.1) is 11.9 Å². The van der Waals surface area contributed by atoms with Gasteiger partial charge in [-0.25, -0.2) is 4.31 Å². The molecule has 0 spiro atoms. The van der Waals surface area contributed by atoms with Gasteiger partial charge >= 0.3 is 10.2 Å². The van der Waals surface area contributed by atoms with Gasteiger partial charge in [0.25, 0.3) is 0 Å². The zero-order chi connectivity index (χ0) is 19.0. The zero-order valence-corrected chi connectivity index (χ0v) is 17.2. The molecule has 1 aliphatic carbocycles. The Morgan fingerprint density at radius 3 is 2.30 bits per heavy atom. The molecule has 1 saturated carbocycles. The Bertz CT molecular complexity index is 789. The van der Waals surface area contributed by atoms with Gasteiger partial charge in [-0.2, -0.15) is 12.8 Å². The number of para-hydroxylation sites is 1. The smallest absolute Gasteiger partial charge is 0.300 e. The van der Waals surface area contributed by atoms with Gasteiger partial charge < -0.3 is 4.90 Å². The van der Waals surface area contributed by atoms with Crippen LogP contribution in [-0.4, -0.2) is 44.7 Å². The van der Waals surface area contributed by atoms with E-state index in [0.717, 1.165) is 49.0 Å². The third-order valence-electron chi connectivity index (χ3n) is 6.78. The lowest BCUT2D eigenvalue weighted by Gasteiger charge is -2.44. The highest BCUT2D eigenvalue weighted by Gasteiger charge is 2.37. The van der Waals surface area contributed by atoms with Crippen LogP contribution in [0.15, 0.2) is 28.7 Å². The summed E-state index contributed by atoms with van der Waals surface area (Å²) in [6.45, 7) is 6.66. The summed E-state index contributed by atoms with van der Waals surface area (Å²) in [7, 11) is -3.61. The summed E-state index contributed by atoms with van der Waals surface area (Å²) < 4.78 is 30.7. The molecule has 3 aliphatic rings. The predicted molar refractivity (Wildman–Crippen MR) is 111 cm³/mol. The second-order valence-corrected chi connectivity index (χ2v) is 10.1. The minimum absolute atomic E-state index is 0.0110. The topological polar surface area (TPSA) is 53.0 Å². The number of nitrogens with zero attached hydrogens (tertiary/aromatic N) is 3. The lowest BCUT2D eigenvalue weighted by molar-refractivity contribution is 0.0994. The van der Waals surface area contributed by atoms with Gasteiger partial charge in [-0.15, -0.1) is 0 Å². The summed E-state index contributed by atoms with van der Waals surface area (Å²) >= 11 is 0. The van der Waals surface area contributed by atoms with Crippen LogP contribution in [-0.2, 0) is 10.2 Å². The van der Waals surface area contributed by atoms with E-state index in [1.807, 2.05) is 24.3 Å². The van der Waals surface area contributed by atoms with Crippen molar-refractivity contribution < 1.29 is 8.42 Å². The second-order valence-electron chi connectivity index (χ2n) is 8.65. The van der Waals surface area contributed by atoms with Gasteiger partial charge in [0.1, 0.15) is 0 Å². The quantitative estimate of drug-likeness (QED) is 0.789. The predicted octanol–water partition coefficient (Wildman–Crippen LogP) is 3.85. The van der Waals surface area contributed by atoms with E-state index in [1.54, 1.807) is 4.31 Å². The maximum atomic E-state index is 12.6. The van der Waals surface area contributed by atoms with Gasteiger partial charge in [0.2, 0.25) is 0 Å². The molecule has 1 aromatic carbocycles. The van der Waals surface area contributed by atoms with Crippen LogP contribution in [0.25, 0.3) is 0 Å². The summed E-state index contributed by atoms with van der Waals surface area (Å²) in [5, 5.41) is 0. The summed E-state index contributed by atoms with van der Waals surface area (Å²) in [6.07, 6.45) is 8.50. The van der Waals surface area contributed by atoms with E-state index in [-0.39, 0.29) is 6.04 Å². The van der Waals surface area contributed by atoms with Crippen LogP contribution < -0.4 is 4.31 Å². The molecule has 0 bridgehead atoms. The molecule has 0 radical (unpaired) electrons. The van der Waals surface area contributed by atoms with Gasteiger partial charge in [-0.1, -0.05) is 32.0 Å². The Hall–Kier alpha value is -1.40. The van der Waals surface area contributed by atoms with Crippen LogP contribution in [0.2, 0.25) is 0 Å². The fraction of sp³-hybridized carbons (Fsp3) is 0.667. The fourth-order valence-corrected chi connectivity index (χ4v) is 6.45. The molecule has 0 aromatic heterocycles. The molecule has 0 unspecified atom stereocenters. The fourth-order valence-electron chi connectivity index (χ4n) is 5.10. The summed E-state index contributed by atoms with van der Waals surface area (Å²) in [5.74, 6) is 1.67. The molecule has 1 saturated heterocycles. The zero-order valence-electron chi connectivity index (χ0n) is 16.4. The minimum atomic E-state index is -3.61. The first-order chi connectivity index (χ1) is 13.0. The molecule has 1 aromatic rings. The largest absolute Gasteiger partial charge is 0.344 e. The summed E-state index contributed by atoms with van der Waals surface area (Å²) in [6, 6.07) is 8.36. The maximum Gasteiger partial charge on any atom is 0.344 e. The van der Waals surface area contributed by atoms with Crippen molar-refractivity contribution in [1.29, 1.82) is 0 Å². The highest BCUT2D eigenvalue weighted by molar-refractivity contribution is 7.91. The molecular formula is C21H31N3O2S. The number of benzene rings is 1. The second kappa shape index (κ2) is 7.55. The van der Waals surface area contributed by atoms with E-state index in [4.69, 9.17) is 0 Å². The van der Waals surface area contributed by atoms with Crippen LogP contribution in [0.4, 0.5) is 5.69 Å². The maximum absolute atomic E-state index is 12.6. The van der Waals surface area contributed by atoms with Crippen LogP contribution in [0.5, 0.6) is 0 Å². The molecule has 0 N–H and O–H groups in total. The van der Waals surface area contributed by atoms with Gasteiger partial charge in [0.15, 0.2) is 0 Å². The van der Waals surface area contributed by atoms with Crippen LogP contribution in [0.3, 0.4) is 0 Å². The first-order valence-electron chi connectivity index (χ1n) is 10.4. The van der Waals surface area contributed by atoms with Crippen molar-refractivity contribution in [2.45, 2.75) is 64.5 Å². The normalized spacial score (nSPS) is 29.1. The molecule has 2 heterocycles. The molecule has 2 aliphatic heterocycles. The van der Waals surface area contributed by atoms with Crippen LogP contribution >= 0.6 is 0 Å². The molecule has 4 rings (SSSR count). The average molecular weight is 390 g/mol. The lowest BCUT2D eigenvalue weighted by Crippen LogP contribution is -2.51. The SMILES string of the molecule is CC(C)C1CCC(N2CCC(N3c4ccccc4C=NS3(=O)=O)CC2)CC1. The van der Waals surface area contributed by atoms with Gasteiger partial charge in [-0.05, 0) is 56.4 Å². The van der Waals surface area contributed by atoms with E-state index in [2.05, 4.69) is 23.1 Å². The van der Waals surface area contributed by atoms with Crippen molar-refractivity contribution in [1.82, 2.24) is 4.90 Å². The van der Waals surface area contributed by atoms with Crippen molar-refractivity contribution in [3.05, 3.63) is 29.8 Å². The van der Waals surface area contributed by atoms with Crippen molar-refractivity contribution in [2.24, 2.45) is 16.2 Å². The van der Waals surface area contributed by atoms with Crippen molar-refractivity contribution in [3.63, 3.8) is 0 Å². The number of hydrogen-bond donors (Lipinski definition) is 0. The highest BCUT2D eigenvalue weighted by atomic mass is 32.2. The summed E-state index contributed by atoms with van der Waals surface area (Å²) in [5.41, 5.74) is 1.67. The lowest BCUT2D eigenvalue weighted by atomic mass is 9.79. The first kappa shape index (κ1) is 18.9. The Labute approximate surface area is 163 Å². The van der Waals surface area contributed by atoms with E-state index < -0.39 is 10.2 Å². The number of hydrogen-bond acceptors (Lipinski definition) is 3. The monoisotopic (exact) mass is 389 g/mol. The molecule has 0 amide bonds. The first-order valence-corrected chi connectivity index (χ1v) is 11.8. The number of likely N-dealkylation sites (tertiary alicyclic amines) is 1. The number of rotatable bonds is 3. The molecule has 6 heteroatoms. The van der Waals surface area contributed by atoms with Crippen molar-refractivity contribution >= 4 is 22.1 Å². The van der Waals surface area contributed by atoms with E-state index in [0.29, 0.717) is 6.04 Å². The van der Waals surface area contributed by atoms with E-state index in [9.17, 15) is 8.42 Å². The molecule has 27 heavy (non-hydrogen) atoms. The van der Waals surface area contributed by atoms with Crippen LogP contribution in [0, 0.1) is 11.8 Å². The standard InChI is InChI=1S/C21H31N3O2S/c1-16(2)17-7-9-19(10-8-17)23-13-11-20(12-14-23)24-21-6-4-3-5-18(21)15-22-27(24,25)26/h3-6,15-17,19-20H,7-14H2,1-2H3. The molecule has 0 atom stereocenters. The number of fused-ring (bicyclic) bond motifs is 1. The number of anilines is 1. The highest BCUT2D eigenvalue weighted by Crippen LogP contribution is 2.36. The van der Waals surface area contributed by atoms with Crippen molar-refractivity contribution in [2.75, 3.05) is 17.4 Å². The number of piperidine rings is 1. The third-order valence-corrected chi connectivity index (χ3v) is 8.14. The van der Waals surface area contributed by atoms with Crippen molar-refractivity contribution in [3.8, 4) is 0 Å². The Morgan fingerprint density at radius 1 is 0.963 bits per heavy atom. The third kappa shape index (κ3) is 3.79. The van der Waals surface area contributed by atoms with E-state index in [1.165, 1.54) is 31.9 Å². The average Bonchev–Trinajstić information content (AvgIpc) is 2.68. The Morgan fingerprint density at radius 2 is 1.63 bits per heavy atom. The van der Waals surface area contributed by atoms with Gasteiger partial charge in [-0.3, -0.25) is 0 Å². The minimum Gasteiger partial charge on any atom is -0.300 e.